The SMILES string of the molecule is Cn1c(NC2CCCCC2N)cc(=O)[nH]c1=O. The third kappa shape index (κ3) is 2.58. The molecule has 1 heterocycles. The van der Waals surface area contributed by atoms with Crippen molar-refractivity contribution in [3.05, 3.63) is 26.9 Å². The molecule has 0 aromatic carbocycles. The molecule has 1 aliphatic rings. The molecule has 2 unspecified atom stereocenters. The molecule has 0 spiro atoms. The number of aromatic amines is 1. The number of hydrogen-bond donors (Lipinski definition) is 3. The minimum absolute atomic E-state index is 0.0816. The highest BCUT2D eigenvalue weighted by atomic mass is 16.2. The molecule has 0 radical (unpaired) electrons. The van der Waals surface area contributed by atoms with Crippen LogP contribution in [0.25, 0.3) is 0 Å². The van der Waals surface area contributed by atoms with E-state index in [0.29, 0.717) is 5.82 Å². The number of H-pyrrole nitrogens is 1. The fourth-order valence-electron chi connectivity index (χ4n) is 2.22. The Morgan fingerprint density at radius 2 is 2.12 bits per heavy atom. The summed E-state index contributed by atoms with van der Waals surface area (Å²) in [5.41, 5.74) is 5.22. The van der Waals surface area contributed by atoms with E-state index in [1.54, 1.807) is 7.05 Å². The number of nitrogens with two attached hydrogens (primary N) is 1. The molecule has 6 nitrogen and oxygen atoms in total. The fraction of sp³-hybridized carbons (Fsp3) is 0.636. The molecule has 94 valence electrons. The maximum absolute atomic E-state index is 11.4. The van der Waals surface area contributed by atoms with E-state index in [2.05, 4.69) is 10.3 Å². The van der Waals surface area contributed by atoms with Crippen LogP contribution in [0.1, 0.15) is 25.7 Å². The molecule has 1 fully saturated rings. The summed E-state index contributed by atoms with van der Waals surface area (Å²) in [5, 5.41) is 3.20. The van der Waals surface area contributed by atoms with Gasteiger partial charge in [0, 0.05) is 25.2 Å². The van der Waals surface area contributed by atoms with Crippen LogP contribution in [-0.4, -0.2) is 21.6 Å². The monoisotopic (exact) mass is 238 g/mol. The molecular formula is C11H18N4O2. The zero-order valence-corrected chi connectivity index (χ0v) is 9.90. The summed E-state index contributed by atoms with van der Waals surface area (Å²) in [5.74, 6) is 0.529. The predicted octanol–water partition coefficient (Wildman–Crippen LogP) is -0.245. The van der Waals surface area contributed by atoms with E-state index in [0.717, 1.165) is 25.7 Å². The Bertz CT molecular complexity index is 505. The average molecular weight is 238 g/mol. The van der Waals surface area contributed by atoms with Gasteiger partial charge in [-0.1, -0.05) is 12.8 Å². The maximum atomic E-state index is 11.4. The van der Waals surface area contributed by atoms with E-state index >= 15 is 0 Å². The van der Waals surface area contributed by atoms with Crippen LogP contribution in [-0.2, 0) is 7.05 Å². The molecule has 0 saturated heterocycles. The van der Waals surface area contributed by atoms with Crippen molar-refractivity contribution in [3.8, 4) is 0 Å². The van der Waals surface area contributed by atoms with E-state index in [1.165, 1.54) is 10.6 Å². The topological polar surface area (TPSA) is 92.9 Å². The van der Waals surface area contributed by atoms with Gasteiger partial charge in [0.2, 0.25) is 0 Å². The van der Waals surface area contributed by atoms with Crippen LogP contribution in [0.2, 0.25) is 0 Å². The minimum atomic E-state index is -0.413. The van der Waals surface area contributed by atoms with E-state index in [-0.39, 0.29) is 17.6 Å². The number of nitrogens with zero attached hydrogens (tertiary/aromatic N) is 1. The normalized spacial score (nSPS) is 24.6. The van der Waals surface area contributed by atoms with E-state index in [1.807, 2.05) is 0 Å². The number of nitrogens with one attached hydrogen (secondary N) is 2. The van der Waals surface area contributed by atoms with Gasteiger partial charge in [-0.05, 0) is 12.8 Å². The summed E-state index contributed by atoms with van der Waals surface area (Å²) < 4.78 is 1.39. The largest absolute Gasteiger partial charge is 0.367 e. The third-order valence-corrected chi connectivity index (χ3v) is 3.32. The van der Waals surface area contributed by atoms with Gasteiger partial charge in [0.25, 0.3) is 5.56 Å². The van der Waals surface area contributed by atoms with Gasteiger partial charge in [0.1, 0.15) is 5.82 Å². The van der Waals surface area contributed by atoms with Crippen molar-refractivity contribution in [3.63, 3.8) is 0 Å². The molecule has 2 rings (SSSR count). The van der Waals surface area contributed by atoms with Crippen LogP contribution in [0, 0.1) is 0 Å². The van der Waals surface area contributed by atoms with Crippen molar-refractivity contribution < 1.29 is 0 Å². The van der Waals surface area contributed by atoms with Gasteiger partial charge in [-0.3, -0.25) is 14.3 Å². The Morgan fingerprint density at radius 3 is 2.82 bits per heavy atom. The Balaban J connectivity index is 2.23. The number of aromatic nitrogens is 2. The average Bonchev–Trinajstić information content (AvgIpc) is 2.28. The number of hydrogen-bond acceptors (Lipinski definition) is 4. The van der Waals surface area contributed by atoms with Crippen LogP contribution >= 0.6 is 0 Å². The van der Waals surface area contributed by atoms with Crippen LogP contribution in [0.15, 0.2) is 15.7 Å². The summed E-state index contributed by atoms with van der Waals surface area (Å²) in [7, 11) is 1.62. The van der Waals surface area contributed by atoms with Crippen LogP contribution in [0.5, 0.6) is 0 Å². The molecule has 1 aliphatic carbocycles. The van der Waals surface area contributed by atoms with E-state index in [4.69, 9.17) is 5.73 Å². The molecule has 17 heavy (non-hydrogen) atoms. The summed E-state index contributed by atoms with van der Waals surface area (Å²) in [6.07, 6.45) is 4.23. The second-order valence-electron chi connectivity index (χ2n) is 4.58. The van der Waals surface area contributed by atoms with Crippen molar-refractivity contribution in [1.82, 2.24) is 9.55 Å². The van der Waals surface area contributed by atoms with Gasteiger partial charge in [0.05, 0.1) is 0 Å². The first-order chi connectivity index (χ1) is 8.08. The first kappa shape index (κ1) is 11.9. The molecule has 6 heteroatoms. The van der Waals surface area contributed by atoms with Crippen molar-refractivity contribution >= 4 is 5.82 Å². The van der Waals surface area contributed by atoms with Gasteiger partial charge in [0.15, 0.2) is 0 Å². The molecule has 0 amide bonds. The lowest BCUT2D eigenvalue weighted by Crippen LogP contribution is -2.44. The first-order valence-electron chi connectivity index (χ1n) is 5.90. The van der Waals surface area contributed by atoms with Crippen molar-refractivity contribution in [2.75, 3.05) is 5.32 Å². The predicted molar refractivity (Wildman–Crippen MR) is 66.2 cm³/mol. The molecule has 2 atom stereocenters. The highest BCUT2D eigenvalue weighted by molar-refractivity contribution is 5.35. The second-order valence-corrected chi connectivity index (χ2v) is 4.58. The van der Waals surface area contributed by atoms with Crippen LogP contribution < -0.4 is 22.3 Å². The third-order valence-electron chi connectivity index (χ3n) is 3.32. The molecule has 1 aromatic heterocycles. The smallest absolute Gasteiger partial charge is 0.329 e. The lowest BCUT2D eigenvalue weighted by Gasteiger charge is -2.30. The Morgan fingerprint density at radius 1 is 1.41 bits per heavy atom. The number of rotatable bonds is 2. The van der Waals surface area contributed by atoms with E-state index < -0.39 is 5.69 Å². The highest BCUT2D eigenvalue weighted by Gasteiger charge is 2.22. The maximum Gasteiger partial charge on any atom is 0.329 e. The van der Waals surface area contributed by atoms with Crippen molar-refractivity contribution in [1.29, 1.82) is 0 Å². The van der Waals surface area contributed by atoms with Gasteiger partial charge in [-0.25, -0.2) is 4.79 Å². The van der Waals surface area contributed by atoms with Gasteiger partial charge in [-0.15, -0.1) is 0 Å². The zero-order valence-electron chi connectivity index (χ0n) is 9.90. The molecule has 1 aromatic rings. The summed E-state index contributed by atoms with van der Waals surface area (Å²) in [6.45, 7) is 0. The number of anilines is 1. The minimum Gasteiger partial charge on any atom is -0.367 e. The van der Waals surface area contributed by atoms with Gasteiger partial charge < -0.3 is 11.1 Å². The lowest BCUT2D eigenvalue weighted by molar-refractivity contribution is 0.402. The molecule has 4 N–H and O–H groups in total. The quantitative estimate of drug-likeness (QED) is 0.662. The van der Waals surface area contributed by atoms with E-state index in [9.17, 15) is 9.59 Å². The Labute approximate surface area is 98.8 Å². The summed E-state index contributed by atoms with van der Waals surface area (Å²) in [4.78, 5) is 24.9. The van der Waals surface area contributed by atoms with Crippen molar-refractivity contribution in [2.24, 2.45) is 12.8 Å². The molecular weight excluding hydrogens is 220 g/mol. The second kappa shape index (κ2) is 4.75. The highest BCUT2D eigenvalue weighted by Crippen LogP contribution is 2.19. The first-order valence-corrected chi connectivity index (χ1v) is 5.90. The summed E-state index contributed by atoms with van der Waals surface area (Å²) in [6, 6.07) is 1.61. The van der Waals surface area contributed by atoms with Gasteiger partial charge in [-0.2, -0.15) is 0 Å². The Hall–Kier alpha value is -1.56. The van der Waals surface area contributed by atoms with Crippen LogP contribution in [0.3, 0.4) is 0 Å². The molecule has 1 saturated carbocycles. The van der Waals surface area contributed by atoms with Gasteiger partial charge >= 0.3 is 5.69 Å². The molecule has 0 bridgehead atoms. The summed E-state index contributed by atoms with van der Waals surface area (Å²) >= 11 is 0. The van der Waals surface area contributed by atoms with Crippen molar-refractivity contribution in [2.45, 2.75) is 37.8 Å². The fourth-order valence-corrected chi connectivity index (χ4v) is 2.22. The van der Waals surface area contributed by atoms with Crippen LogP contribution in [0.4, 0.5) is 5.82 Å². The zero-order chi connectivity index (χ0) is 12.4. The lowest BCUT2D eigenvalue weighted by atomic mass is 9.91. The Kier molecular flexibility index (Phi) is 3.33. The standard InChI is InChI=1S/C11H18N4O2/c1-15-9(6-10(16)14-11(15)17)13-8-5-3-2-4-7(8)12/h6-8,13H,2-5,12H2,1H3,(H,14,16,17). The molecule has 0 aliphatic heterocycles.